The Kier molecular flexibility index (Phi) is 4.76. The van der Waals surface area contributed by atoms with Crippen LogP contribution in [0.15, 0.2) is 35.3 Å². The number of guanidine groups is 1. The van der Waals surface area contributed by atoms with Crippen LogP contribution >= 0.6 is 0 Å². The molecule has 0 atom stereocenters. The van der Waals surface area contributed by atoms with Gasteiger partial charge in [0.05, 0.1) is 30.9 Å². The fraction of sp³-hybridized carbons (Fsp3) is 0.211. The molecule has 0 spiro atoms. The number of nitrogens with zero attached hydrogens (tertiary/aromatic N) is 2. The second-order valence-corrected chi connectivity index (χ2v) is 5.76. The van der Waals surface area contributed by atoms with Gasteiger partial charge >= 0.3 is 0 Å². The minimum atomic E-state index is -0.550. The monoisotopic (exact) mass is 350 g/mol. The van der Waals surface area contributed by atoms with Crippen molar-refractivity contribution in [2.75, 3.05) is 20.2 Å². The molecule has 0 radical (unpaired) electrons. The van der Waals surface area contributed by atoms with Crippen molar-refractivity contribution in [1.29, 1.82) is 5.26 Å². The lowest BCUT2D eigenvalue weighted by Gasteiger charge is -2.17. The summed E-state index contributed by atoms with van der Waals surface area (Å²) in [6.45, 7) is 3.07. The number of hydrogen-bond acceptors (Lipinski definition) is 6. The molecule has 0 saturated carbocycles. The van der Waals surface area contributed by atoms with E-state index in [-0.39, 0.29) is 16.9 Å². The molecule has 0 fully saturated rings. The molecule has 0 aliphatic carbocycles. The number of rotatable bonds is 3. The average Bonchev–Trinajstić information content (AvgIpc) is 3.14. The number of phenolic OH excluding ortho intramolecular Hbond substituents is 1. The molecule has 3 rings (SSSR count). The van der Waals surface area contributed by atoms with Crippen molar-refractivity contribution >= 4 is 11.9 Å². The molecule has 0 aromatic heterocycles. The van der Waals surface area contributed by atoms with Crippen molar-refractivity contribution in [3.05, 3.63) is 47.0 Å². The standard InChI is InChI=1S/C19H18N4O3/c1-11-4-3-5-13(17(11)26-2)15-12(10-20)6-7-14(24)16(15)18(25)23-19-21-8-9-22-19/h3-7,24H,8-9H2,1-2H3,(H2,21,22,23,25). The molecule has 26 heavy (non-hydrogen) atoms. The maximum Gasteiger partial charge on any atom is 0.262 e. The maximum atomic E-state index is 12.8. The SMILES string of the molecule is COc1c(C)cccc1-c1c(C#N)ccc(O)c1C(=O)NC1=NCCN1. The van der Waals surface area contributed by atoms with Gasteiger partial charge in [0.25, 0.3) is 5.91 Å². The molecule has 132 valence electrons. The Hall–Kier alpha value is -3.53. The zero-order valence-corrected chi connectivity index (χ0v) is 14.5. The molecule has 0 saturated heterocycles. The van der Waals surface area contributed by atoms with E-state index in [0.717, 1.165) is 5.56 Å². The molecule has 2 aromatic rings. The van der Waals surface area contributed by atoms with E-state index in [4.69, 9.17) is 4.74 Å². The zero-order valence-electron chi connectivity index (χ0n) is 14.5. The molecule has 2 aromatic carbocycles. The molecule has 1 heterocycles. The Labute approximate surface area is 150 Å². The molecule has 7 nitrogen and oxygen atoms in total. The number of phenols is 1. The Morgan fingerprint density at radius 1 is 1.38 bits per heavy atom. The third-order valence-corrected chi connectivity index (χ3v) is 4.12. The molecular weight excluding hydrogens is 332 g/mol. The number of amides is 1. The first-order chi connectivity index (χ1) is 12.6. The number of benzene rings is 2. The fourth-order valence-electron chi connectivity index (χ4n) is 2.97. The van der Waals surface area contributed by atoms with Crippen molar-refractivity contribution in [3.8, 4) is 28.7 Å². The quantitative estimate of drug-likeness (QED) is 0.784. The number of nitrogens with one attached hydrogen (secondary N) is 2. The lowest BCUT2D eigenvalue weighted by molar-refractivity contribution is 0.0974. The first-order valence-electron chi connectivity index (χ1n) is 8.06. The normalized spacial score (nSPS) is 12.7. The number of aryl methyl sites for hydroxylation is 1. The van der Waals surface area contributed by atoms with Crippen LogP contribution in [0.2, 0.25) is 0 Å². The Morgan fingerprint density at radius 3 is 2.85 bits per heavy atom. The molecule has 1 aliphatic heterocycles. The van der Waals surface area contributed by atoms with Gasteiger partial charge in [0.1, 0.15) is 11.5 Å². The predicted molar refractivity (Wildman–Crippen MR) is 97.3 cm³/mol. The van der Waals surface area contributed by atoms with E-state index in [1.807, 2.05) is 19.1 Å². The molecule has 3 N–H and O–H groups in total. The molecule has 7 heteroatoms. The van der Waals surface area contributed by atoms with Crippen molar-refractivity contribution in [2.45, 2.75) is 6.92 Å². The van der Waals surface area contributed by atoms with Gasteiger partial charge in [0.2, 0.25) is 0 Å². The summed E-state index contributed by atoms with van der Waals surface area (Å²) in [4.78, 5) is 17.0. The number of aliphatic imine (C=N–C) groups is 1. The van der Waals surface area contributed by atoms with Crippen LogP contribution in [-0.4, -0.2) is 37.2 Å². The largest absolute Gasteiger partial charge is 0.507 e. The van der Waals surface area contributed by atoms with Gasteiger partial charge in [-0.15, -0.1) is 0 Å². The predicted octanol–water partition coefficient (Wildman–Crippen LogP) is 1.94. The van der Waals surface area contributed by atoms with Gasteiger partial charge in [0.15, 0.2) is 5.96 Å². The Morgan fingerprint density at radius 2 is 2.19 bits per heavy atom. The fourth-order valence-corrected chi connectivity index (χ4v) is 2.97. The number of nitriles is 1. The van der Waals surface area contributed by atoms with Crippen LogP contribution in [-0.2, 0) is 0 Å². The van der Waals surface area contributed by atoms with Gasteiger partial charge in [-0.3, -0.25) is 15.1 Å². The number of hydrogen-bond donors (Lipinski definition) is 3. The Balaban J connectivity index is 2.21. The van der Waals surface area contributed by atoms with Crippen molar-refractivity contribution in [2.24, 2.45) is 4.99 Å². The highest BCUT2D eigenvalue weighted by molar-refractivity contribution is 6.12. The van der Waals surface area contributed by atoms with E-state index in [1.165, 1.54) is 19.2 Å². The third kappa shape index (κ3) is 3.05. The average molecular weight is 350 g/mol. The number of ether oxygens (including phenoxy) is 1. The van der Waals surface area contributed by atoms with E-state index in [0.29, 0.717) is 35.9 Å². The van der Waals surface area contributed by atoms with Crippen LogP contribution in [0, 0.1) is 18.3 Å². The minimum absolute atomic E-state index is 0.00403. The summed E-state index contributed by atoms with van der Waals surface area (Å²) >= 11 is 0. The van der Waals surface area contributed by atoms with E-state index in [1.54, 1.807) is 6.07 Å². The zero-order chi connectivity index (χ0) is 18.7. The van der Waals surface area contributed by atoms with Gasteiger partial charge in [-0.05, 0) is 24.6 Å². The van der Waals surface area contributed by atoms with Crippen LogP contribution in [0.3, 0.4) is 0 Å². The summed E-state index contributed by atoms with van der Waals surface area (Å²) in [5.41, 5.74) is 2.00. The third-order valence-electron chi connectivity index (χ3n) is 4.12. The molecule has 0 unspecified atom stereocenters. The van der Waals surface area contributed by atoms with E-state index in [9.17, 15) is 15.2 Å². The van der Waals surface area contributed by atoms with Gasteiger partial charge in [-0.1, -0.05) is 18.2 Å². The highest BCUT2D eigenvalue weighted by Gasteiger charge is 2.25. The first kappa shape index (κ1) is 17.3. The van der Waals surface area contributed by atoms with Crippen LogP contribution < -0.4 is 15.4 Å². The van der Waals surface area contributed by atoms with Crippen molar-refractivity contribution in [3.63, 3.8) is 0 Å². The number of methoxy groups -OCH3 is 1. The number of carbonyl (C=O) groups excluding carboxylic acids is 1. The highest BCUT2D eigenvalue weighted by Crippen LogP contribution is 2.39. The summed E-state index contributed by atoms with van der Waals surface area (Å²) in [6, 6.07) is 10.3. The van der Waals surface area contributed by atoms with E-state index < -0.39 is 5.91 Å². The van der Waals surface area contributed by atoms with Crippen LogP contribution in [0.1, 0.15) is 21.5 Å². The molecule has 0 bridgehead atoms. The summed E-state index contributed by atoms with van der Waals surface area (Å²) in [6.07, 6.45) is 0. The van der Waals surface area contributed by atoms with Crippen LogP contribution in [0.4, 0.5) is 0 Å². The molecule has 1 amide bonds. The van der Waals surface area contributed by atoms with Gasteiger partial charge in [-0.2, -0.15) is 5.26 Å². The lowest BCUT2D eigenvalue weighted by atomic mass is 9.91. The van der Waals surface area contributed by atoms with Gasteiger partial charge < -0.3 is 15.2 Å². The topological polar surface area (TPSA) is 107 Å². The van der Waals surface area contributed by atoms with Gasteiger partial charge in [0, 0.05) is 17.7 Å². The number of para-hydroxylation sites is 1. The molecular formula is C19H18N4O3. The number of carbonyl (C=O) groups is 1. The second-order valence-electron chi connectivity index (χ2n) is 5.76. The molecule has 1 aliphatic rings. The maximum absolute atomic E-state index is 12.8. The van der Waals surface area contributed by atoms with Crippen molar-refractivity contribution < 1.29 is 14.6 Å². The van der Waals surface area contributed by atoms with E-state index >= 15 is 0 Å². The summed E-state index contributed by atoms with van der Waals surface area (Å²) in [7, 11) is 1.53. The first-order valence-corrected chi connectivity index (χ1v) is 8.06. The smallest absolute Gasteiger partial charge is 0.262 e. The summed E-state index contributed by atoms with van der Waals surface area (Å²) in [5, 5.41) is 25.5. The second kappa shape index (κ2) is 7.15. The minimum Gasteiger partial charge on any atom is -0.507 e. The van der Waals surface area contributed by atoms with E-state index in [2.05, 4.69) is 21.7 Å². The Bertz CT molecular complexity index is 945. The number of aromatic hydroxyl groups is 1. The van der Waals surface area contributed by atoms with Crippen LogP contribution in [0.25, 0.3) is 11.1 Å². The summed E-state index contributed by atoms with van der Waals surface area (Å²) < 4.78 is 5.48. The van der Waals surface area contributed by atoms with Gasteiger partial charge in [-0.25, -0.2) is 0 Å². The van der Waals surface area contributed by atoms with Crippen molar-refractivity contribution in [1.82, 2.24) is 10.6 Å². The summed E-state index contributed by atoms with van der Waals surface area (Å²) in [5.74, 6) is 0.115. The highest BCUT2D eigenvalue weighted by atomic mass is 16.5. The lowest BCUT2D eigenvalue weighted by Crippen LogP contribution is -2.38. The van der Waals surface area contributed by atoms with Crippen LogP contribution in [0.5, 0.6) is 11.5 Å².